The fourth-order valence-corrected chi connectivity index (χ4v) is 1.76. The number of hydrogen-bond acceptors (Lipinski definition) is 3. The lowest BCUT2D eigenvalue weighted by molar-refractivity contribution is 0.521. The number of aromatic nitrogens is 1. The van der Waals surface area contributed by atoms with Crippen LogP contribution in [0.3, 0.4) is 0 Å². The first-order valence-electron chi connectivity index (χ1n) is 6.41. The van der Waals surface area contributed by atoms with Crippen molar-refractivity contribution >= 4 is 5.69 Å². The molecule has 0 saturated heterocycles. The number of oxazole rings is 1. The van der Waals surface area contributed by atoms with Gasteiger partial charge < -0.3 is 9.73 Å². The summed E-state index contributed by atoms with van der Waals surface area (Å²) >= 11 is 0. The Labute approximate surface area is 108 Å². The second-order valence-corrected chi connectivity index (χ2v) is 4.94. The lowest BCUT2D eigenvalue weighted by Crippen LogP contribution is -2.04. The minimum Gasteiger partial charge on any atom is -0.449 e. The molecule has 0 unspecified atom stereocenters. The molecule has 2 aromatic rings. The summed E-state index contributed by atoms with van der Waals surface area (Å²) in [7, 11) is 0. The van der Waals surface area contributed by atoms with E-state index in [0.717, 1.165) is 29.4 Å². The van der Waals surface area contributed by atoms with Gasteiger partial charge in [0.15, 0.2) is 5.89 Å². The molecule has 0 saturated carbocycles. The third-order valence-corrected chi connectivity index (χ3v) is 2.85. The van der Waals surface area contributed by atoms with Crippen LogP contribution in [0.5, 0.6) is 0 Å². The summed E-state index contributed by atoms with van der Waals surface area (Å²) < 4.78 is 5.21. The Morgan fingerprint density at radius 1 is 1.22 bits per heavy atom. The highest BCUT2D eigenvalue weighted by Crippen LogP contribution is 2.20. The Hall–Kier alpha value is -1.77. The number of rotatable bonds is 5. The Morgan fingerprint density at radius 2 is 1.94 bits per heavy atom. The summed E-state index contributed by atoms with van der Waals surface area (Å²) in [6.45, 7) is 7.33. The zero-order valence-electron chi connectivity index (χ0n) is 11.2. The van der Waals surface area contributed by atoms with E-state index in [-0.39, 0.29) is 0 Å². The molecule has 1 heterocycles. The maximum atomic E-state index is 5.21. The predicted molar refractivity (Wildman–Crippen MR) is 74.6 cm³/mol. The maximum Gasteiger partial charge on any atom is 0.191 e. The topological polar surface area (TPSA) is 38.1 Å². The Morgan fingerprint density at radius 3 is 2.50 bits per heavy atom. The molecule has 0 aliphatic heterocycles. The minimum absolute atomic E-state index is 0.698. The van der Waals surface area contributed by atoms with E-state index < -0.39 is 0 Å². The second-order valence-electron chi connectivity index (χ2n) is 4.94. The van der Waals surface area contributed by atoms with Crippen LogP contribution in [0.4, 0.5) is 5.69 Å². The highest BCUT2D eigenvalue weighted by atomic mass is 16.3. The van der Waals surface area contributed by atoms with Crippen molar-refractivity contribution in [3.63, 3.8) is 0 Å². The van der Waals surface area contributed by atoms with Crippen LogP contribution in [0.15, 0.2) is 34.9 Å². The second kappa shape index (κ2) is 5.71. The average molecular weight is 244 g/mol. The van der Waals surface area contributed by atoms with Crippen LogP contribution in [0.25, 0.3) is 11.3 Å². The molecule has 1 N–H and O–H groups in total. The summed E-state index contributed by atoms with van der Waals surface area (Å²) in [5.74, 6) is 1.43. The zero-order chi connectivity index (χ0) is 13.0. The van der Waals surface area contributed by atoms with Gasteiger partial charge in [0, 0.05) is 24.7 Å². The van der Waals surface area contributed by atoms with Gasteiger partial charge in [-0.05, 0) is 24.5 Å². The smallest absolute Gasteiger partial charge is 0.191 e. The number of anilines is 1. The van der Waals surface area contributed by atoms with Gasteiger partial charge in [-0.1, -0.05) is 26.0 Å². The van der Waals surface area contributed by atoms with E-state index in [1.54, 1.807) is 6.26 Å². The van der Waals surface area contributed by atoms with Crippen molar-refractivity contribution in [1.29, 1.82) is 0 Å². The van der Waals surface area contributed by atoms with E-state index in [1.807, 2.05) is 6.92 Å². The average Bonchev–Trinajstić information content (AvgIpc) is 2.76. The number of benzene rings is 1. The molecule has 0 radical (unpaired) electrons. The molecule has 0 aliphatic carbocycles. The van der Waals surface area contributed by atoms with E-state index in [2.05, 4.69) is 48.4 Å². The first-order chi connectivity index (χ1) is 8.65. The van der Waals surface area contributed by atoms with Gasteiger partial charge in [0.25, 0.3) is 0 Å². The molecular formula is C15H20N2O. The Bertz CT molecular complexity index is 485. The maximum absolute atomic E-state index is 5.21. The Kier molecular flexibility index (Phi) is 4.03. The van der Waals surface area contributed by atoms with E-state index in [9.17, 15) is 0 Å². The fourth-order valence-electron chi connectivity index (χ4n) is 1.76. The van der Waals surface area contributed by atoms with Gasteiger partial charge in [0.1, 0.15) is 12.0 Å². The van der Waals surface area contributed by atoms with Crippen molar-refractivity contribution in [3.8, 4) is 11.3 Å². The van der Waals surface area contributed by atoms with Crippen molar-refractivity contribution < 1.29 is 4.42 Å². The van der Waals surface area contributed by atoms with Crippen molar-refractivity contribution in [2.24, 2.45) is 5.92 Å². The summed E-state index contributed by atoms with van der Waals surface area (Å²) in [4.78, 5) is 4.31. The standard InChI is InChI=1S/C15H20N2O/c1-11(2)8-9-16-14-6-4-13(5-7-14)15-10-18-12(3)17-15/h4-7,10-11,16H,8-9H2,1-3H3. The van der Waals surface area contributed by atoms with E-state index in [4.69, 9.17) is 4.42 Å². The lowest BCUT2D eigenvalue weighted by atomic mass is 10.1. The molecule has 3 nitrogen and oxygen atoms in total. The monoisotopic (exact) mass is 244 g/mol. The highest BCUT2D eigenvalue weighted by molar-refractivity contribution is 5.61. The van der Waals surface area contributed by atoms with Gasteiger partial charge in [-0.3, -0.25) is 0 Å². The minimum atomic E-state index is 0.698. The molecule has 1 aromatic carbocycles. The van der Waals surface area contributed by atoms with Crippen molar-refractivity contribution in [2.75, 3.05) is 11.9 Å². The molecule has 0 atom stereocenters. The lowest BCUT2D eigenvalue weighted by Gasteiger charge is -2.08. The van der Waals surface area contributed by atoms with Gasteiger partial charge in [-0.2, -0.15) is 0 Å². The van der Waals surface area contributed by atoms with Gasteiger partial charge in [0.05, 0.1) is 0 Å². The van der Waals surface area contributed by atoms with Crippen LogP contribution in [-0.4, -0.2) is 11.5 Å². The molecule has 3 heteroatoms. The van der Waals surface area contributed by atoms with E-state index in [1.165, 1.54) is 6.42 Å². The van der Waals surface area contributed by atoms with Gasteiger partial charge >= 0.3 is 0 Å². The van der Waals surface area contributed by atoms with E-state index >= 15 is 0 Å². The highest BCUT2D eigenvalue weighted by Gasteiger charge is 2.03. The molecule has 2 rings (SSSR count). The third-order valence-electron chi connectivity index (χ3n) is 2.85. The van der Waals surface area contributed by atoms with Gasteiger partial charge in [-0.15, -0.1) is 0 Å². The van der Waals surface area contributed by atoms with Crippen LogP contribution in [0, 0.1) is 12.8 Å². The number of nitrogens with zero attached hydrogens (tertiary/aromatic N) is 1. The van der Waals surface area contributed by atoms with Crippen LogP contribution in [0.1, 0.15) is 26.2 Å². The summed E-state index contributed by atoms with van der Waals surface area (Å²) in [6, 6.07) is 8.29. The van der Waals surface area contributed by atoms with Crippen LogP contribution < -0.4 is 5.32 Å². The molecule has 18 heavy (non-hydrogen) atoms. The molecule has 0 spiro atoms. The molecular weight excluding hydrogens is 224 g/mol. The number of hydrogen-bond donors (Lipinski definition) is 1. The fraction of sp³-hybridized carbons (Fsp3) is 0.400. The van der Waals surface area contributed by atoms with Crippen molar-refractivity contribution in [2.45, 2.75) is 27.2 Å². The summed E-state index contributed by atoms with van der Waals surface area (Å²) in [6.07, 6.45) is 2.88. The third kappa shape index (κ3) is 3.36. The van der Waals surface area contributed by atoms with Gasteiger partial charge in [0.2, 0.25) is 0 Å². The first kappa shape index (κ1) is 12.7. The quantitative estimate of drug-likeness (QED) is 0.860. The van der Waals surface area contributed by atoms with Crippen LogP contribution in [-0.2, 0) is 0 Å². The number of aryl methyl sites for hydroxylation is 1. The number of nitrogens with one attached hydrogen (secondary N) is 1. The largest absolute Gasteiger partial charge is 0.449 e. The van der Waals surface area contributed by atoms with Crippen molar-refractivity contribution in [1.82, 2.24) is 4.98 Å². The summed E-state index contributed by atoms with van der Waals surface area (Å²) in [5.41, 5.74) is 3.13. The molecule has 0 aliphatic rings. The SMILES string of the molecule is Cc1nc(-c2ccc(NCCC(C)C)cc2)co1. The molecule has 0 amide bonds. The zero-order valence-corrected chi connectivity index (χ0v) is 11.2. The first-order valence-corrected chi connectivity index (χ1v) is 6.41. The van der Waals surface area contributed by atoms with Crippen LogP contribution in [0.2, 0.25) is 0 Å². The molecule has 0 bridgehead atoms. The van der Waals surface area contributed by atoms with E-state index in [0.29, 0.717) is 5.89 Å². The normalized spacial score (nSPS) is 10.9. The predicted octanol–water partition coefficient (Wildman–Crippen LogP) is 4.11. The molecule has 1 aromatic heterocycles. The summed E-state index contributed by atoms with van der Waals surface area (Å²) in [5, 5.41) is 3.42. The van der Waals surface area contributed by atoms with Crippen molar-refractivity contribution in [3.05, 3.63) is 36.4 Å². The molecule has 0 fully saturated rings. The molecule has 96 valence electrons. The van der Waals surface area contributed by atoms with Crippen LogP contribution >= 0.6 is 0 Å². The Balaban J connectivity index is 1.97. The van der Waals surface area contributed by atoms with Gasteiger partial charge in [-0.25, -0.2) is 4.98 Å².